The van der Waals surface area contributed by atoms with Gasteiger partial charge >= 0.3 is 0 Å². The summed E-state index contributed by atoms with van der Waals surface area (Å²) >= 11 is 2.15. The number of hydrogen-bond donors (Lipinski definition) is 1. The molecule has 1 N–H and O–H groups in total. The number of carbonyl (C=O) groups is 1. The average molecular weight is 513 g/mol. The zero-order valence-corrected chi connectivity index (χ0v) is 18.7. The topological polar surface area (TPSA) is 69.7 Å². The summed E-state index contributed by atoms with van der Waals surface area (Å²) in [5.41, 5.74) is 2.27. The third-order valence-electron chi connectivity index (χ3n) is 4.67. The van der Waals surface area contributed by atoms with Crippen LogP contribution in [0.5, 0.6) is 0 Å². The van der Waals surface area contributed by atoms with Crippen LogP contribution in [0.1, 0.15) is 19.3 Å². The summed E-state index contributed by atoms with van der Waals surface area (Å²) in [6.45, 7) is 1.85. The molecule has 2 aromatic rings. The van der Waals surface area contributed by atoms with Crippen LogP contribution < -0.4 is 14.5 Å². The van der Waals surface area contributed by atoms with E-state index < -0.39 is 10.0 Å². The van der Waals surface area contributed by atoms with Crippen molar-refractivity contribution in [2.24, 2.45) is 0 Å². The van der Waals surface area contributed by atoms with Gasteiger partial charge in [-0.15, -0.1) is 0 Å². The minimum absolute atomic E-state index is 0.271. The summed E-state index contributed by atoms with van der Waals surface area (Å²) in [5, 5.41) is 2.79. The number of anilines is 3. The molecule has 3 rings (SSSR count). The average Bonchev–Trinajstić information content (AvgIpc) is 2.67. The van der Waals surface area contributed by atoms with E-state index in [1.54, 1.807) is 12.1 Å². The number of sulfonamides is 1. The molecule has 1 amide bonds. The molecule has 1 aliphatic heterocycles. The first-order chi connectivity index (χ1) is 13.3. The van der Waals surface area contributed by atoms with Crippen molar-refractivity contribution >= 4 is 55.6 Å². The van der Waals surface area contributed by atoms with E-state index in [0.29, 0.717) is 11.4 Å². The monoisotopic (exact) mass is 513 g/mol. The molecule has 6 nitrogen and oxygen atoms in total. The predicted molar refractivity (Wildman–Crippen MR) is 122 cm³/mol. The molecule has 1 fully saturated rings. The molecular weight excluding hydrogens is 489 g/mol. The Kier molecular flexibility index (Phi) is 6.82. The number of nitrogens with one attached hydrogen (secondary N) is 1. The van der Waals surface area contributed by atoms with Crippen LogP contribution in [0.4, 0.5) is 17.1 Å². The molecule has 0 spiro atoms. The van der Waals surface area contributed by atoms with Crippen LogP contribution in [0, 0.1) is 3.57 Å². The predicted octanol–water partition coefficient (Wildman–Crippen LogP) is 3.69. The highest BCUT2D eigenvalue weighted by Crippen LogP contribution is 2.22. The van der Waals surface area contributed by atoms with Gasteiger partial charge < -0.3 is 10.2 Å². The second-order valence-electron chi connectivity index (χ2n) is 6.89. The van der Waals surface area contributed by atoms with Crippen molar-refractivity contribution in [2.45, 2.75) is 19.3 Å². The number of piperidine rings is 1. The smallest absolute Gasteiger partial charge is 0.245 e. The first-order valence-corrected chi connectivity index (χ1v) is 12.1. The Balaban J connectivity index is 1.66. The second-order valence-corrected chi connectivity index (χ2v) is 10.0. The van der Waals surface area contributed by atoms with Gasteiger partial charge in [0.15, 0.2) is 0 Å². The van der Waals surface area contributed by atoms with Crippen LogP contribution >= 0.6 is 22.6 Å². The zero-order chi connectivity index (χ0) is 20.1. The fourth-order valence-corrected chi connectivity index (χ4v) is 4.46. The van der Waals surface area contributed by atoms with Crippen molar-refractivity contribution in [3.05, 3.63) is 52.1 Å². The summed E-state index contributed by atoms with van der Waals surface area (Å²) in [6, 6.07) is 14.7. The van der Waals surface area contributed by atoms with Gasteiger partial charge in [-0.1, -0.05) is 0 Å². The Labute approximate surface area is 180 Å². The van der Waals surface area contributed by atoms with E-state index in [2.05, 4.69) is 32.8 Å². The Morgan fingerprint density at radius 3 is 2.21 bits per heavy atom. The molecule has 0 atom stereocenters. The van der Waals surface area contributed by atoms with Crippen LogP contribution in [0.15, 0.2) is 48.5 Å². The second kappa shape index (κ2) is 9.13. The number of rotatable bonds is 6. The fraction of sp³-hybridized carbons (Fsp3) is 0.350. The van der Waals surface area contributed by atoms with Crippen molar-refractivity contribution in [2.75, 3.05) is 40.4 Å². The third-order valence-corrected chi connectivity index (χ3v) is 6.53. The molecule has 0 saturated carbocycles. The standard InChI is InChI=1S/C20H24IN3O3S/c1-28(26,27)24(19-9-5-16(21)6-10-19)15-20(25)22-17-7-11-18(12-8-17)23-13-3-2-4-14-23/h5-12H,2-4,13-15H2,1H3,(H,22,25). The number of amides is 1. The van der Waals surface area contributed by atoms with E-state index in [0.717, 1.165) is 32.9 Å². The molecule has 1 saturated heterocycles. The summed E-state index contributed by atoms with van der Waals surface area (Å²) in [6.07, 6.45) is 4.80. The lowest BCUT2D eigenvalue weighted by Gasteiger charge is -2.28. The number of benzene rings is 2. The Morgan fingerprint density at radius 1 is 1.04 bits per heavy atom. The third kappa shape index (κ3) is 5.60. The fourth-order valence-electron chi connectivity index (χ4n) is 3.25. The molecule has 1 aliphatic rings. The van der Waals surface area contributed by atoms with Crippen molar-refractivity contribution < 1.29 is 13.2 Å². The quantitative estimate of drug-likeness (QED) is 0.599. The van der Waals surface area contributed by atoms with Gasteiger partial charge in [0.2, 0.25) is 15.9 Å². The first kappa shape index (κ1) is 20.9. The molecule has 0 unspecified atom stereocenters. The lowest BCUT2D eigenvalue weighted by atomic mass is 10.1. The lowest BCUT2D eigenvalue weighted by molar-refractivity contribution is -0.114. The van der Waals surface area contributed by atoms with E-state index in [1.165, 1.54) is 19.3 Å². The molecule has 0 bridgehead atoms. The van der Waals surface area contributed by atoms with E-state index in [-0.39, 0.29) is 12.5 Å². The van der Waals surface area contributed by atoms with Crippen LogP contribution in [0.3, 0.4) is 0 Å². The van der Waals surface area contributed by atoms with Gasteiger partial charge in [-0.05, 0) is 90.4 Å². The number of carbonyl (C=O) groups excluding carboxylic acids is 1. The van der Waals surface area contributed by atoms with Crippen LogP contribution in [-0.4, -0.2) is 40.2 Å². The molecule has 2 aromatic carbocycles. The van der Waals surface area contributed by atoms with Crippen LogP contribution in [0.25, 0.3) is 0 Å². The SMILES string of the molecule is CS(=O)(=O)N(CC(=O)Nc1ccc(N2CCCCC2)cc1)c1ccc(I)cc1. The maximum absolute atomic E-state index is 12.5. The van der Waals surface area contributed by atoms with Crippen LogP contribution in [-0.2, 0) is 14.8 Å². The minimum Gasteiger partial charge on any atom is -0.372 e. The maximum Gasteiger partial charge on any atom is 0.245 e. The van der Waals surface area contributed by atoms with E-state index in [9.17, 15) is 13.2 Å². The molecule has 28 heavy (non-hydrogen) atoms. The molecule has 0 radical (unpaired) electrons. The highest BCUT2D eigenvalue weighted by Gasteiger charge is 2.21. The first-order valence-electron chi connectivity index (χ1n) is 9.21. The Morgan fingerprint density at radius 2 is 1.64 bits per heavy atom. The van der Waals surface area contributed by atoms with Crippen LogP contribution in [0.2, 0.25) is 0 Å². The largest absolute Gasteiger partial charge is 0.372 e. The van der Waals surface area contributed by atoms with Crippen molar-refractivity contribution in [3.63, 3.8) is 0 Å². The van der Waals surface area contributed by atoms with Gasteiger partial charge in [0.25, 0.3) is 0 Å². The summed E-state index contributed by atoms with van der Waals surface area (Å²) in [7, 11) is -3.58. The minimum atomic E-state index is -3.58. The normalized spacial score (nSPS) is 14.6. The highest BCUT2D eigenvalue weighted by molar-refractivity contribution is 14.1. The molecule has 0 aliphatic carbocycles. The Hall–Kier alpha value is -1.81. The number of nitrogens with zero attached hydrogens (tertiary/aromatic N) is 2. The summed E-state index contributed by atoms with van der Waals surface area (Å²) in [5.74, 6) is -0.380. The van der Waals surface area contributed by atoms with E-state index in [4.69, 9.17) is 0 Å². The molecule has 1 heterocycles. The van der Waals surface area contributed by atoms with Crippen molar-refractivity contribution in [1.82, 2.24) is 0 Å². The van der Waals surface area contributed by atoms with E-state index in [1.807, 2.05) is 36.4 Å². The lowest BCUT2D eigenvalue weighted by Crippen LogP contribution is -2.37. The number of halogens is 1. The van der Waals surface area contributed by atoms with Gasteiger partial charge in [0.05, 0.1) is 11.9 Å². The van der Waals surface area contributed by atoms with Crippen molar-refractivity contribution in [1.29, 1.82) is 0 Å². The molecule has 8 heteroatoms. The summed E-state index contributed by atoms with van der Waals surface area (Å²) < 4.78 is 26.4. The Bertz CT molecular complexity index is 909. The zero-order valence-electron chi connectivity index (χ0n) is 15.8. The van der Waals surface area contributed by atoms with Gasteiger partial charge in [-0.2, -0.15) is 0 Å². The van der Waals surface area contributed by atoms with Gasteiger partial charge in [-0.3, -0.25) is 9.10 Å². The van der Waals surface area contributed by atoms with Crippen molar-refractivity contribution in [3.8, 4) is 0 Å². The molecule has 150 valence electrons. The van der Waals surface area contributed by atoms with Gasteiger partial charge in [-0.25, -0.2) is 8.42 Å². The molecular formula is C20H24IN3O3S. The highest BCUT2D eigenvalue weighted by atomic mass is 127. The van der Waals surface area contributed by atoms with E-state index >= 15 is 0 Å². The summed E-state index contributed by atoms with van der Waals surface area (Å²) in [4.78, 5) is 14.8. The maximum atomic E-state index is 12.5. The van der Waals surface area contributed by atoms with Gasteiger partial charge in [0, 0.05) is 28.0 Å². The van der Waals surface area contributed by atoms with Gasteiger partial charge in [0.1, 0.15) is 6.54 Å². The molecule has 0 aromatic heterocycles. The number of hydrogen-bond acceptors (Lipinski definition) is 4.